The van der Waals surface area contributed by atoms with Gasteiger partial charge in [-0.2, -0.15) is 0 Å². The predicted molar refractivity (Wildman–Crippen MR) is 139 cm³/mol. The van der Waals surface area contributed by atoms with Crippen molar-refractivity contribution in [3.63, 3.8) is 0 Å². The highest BCUT2D eigenvalue weighted by Gasteiger charge is 2.31. The van der Waals surface area contributed by atoms with Gasteiger partial charge in [0.25, 0.3) is 5.91 Å². The molecule has 0 aromatic heterocycles. The predicted octanol–water partition coefficient (Wildman–Crippen LogP) is 6.37. The van der Waals surface area contributed by atoms with E-state index in [4.69, 9.17) is 4.74 Å². The molecule has 1 saturated heterocycles. The standard InChI is InChI=1S/C25H26BrN3O2S/c1-6-29-20-13-21(31-5)16(11-19(20)15(2)14-25(29,3)4)12-22-23(30)28-24(32-22)27-18-9-7-17(26)8-10-18/h7-14H,6H2,1-5H3,(H,27,28,30)/b22-12+. The van der Waals surface area contributed by atoms with Gasteiger partial charge in [-0.3, -0.25) is 4.79 Å². The van der Waals surface area contributed by atoms with Gasteiger partial charge in [-0.15, -0.1) is 0 Å². The molecule has 2 aliphatic heterocycles. The molecule has 0 radical (unpaired) electrons. The molecule has 0 saturated carbocycles. The van der Waals surface area contributed by atoms with Gasteiger partial charge >= 0.3 is 0 Å². The Morgan fingerprint density at radius 3 is 2.62 bits per heavy atom. The van der Waals surface area contributed by atoms with Gasteiger partial charge in [0, 0.05) is 33.9 Å². The maximum Gasteiger partial charge on any atom is 0.264 e. The van der Waals surface area contributed by atoms with Gasteiger partial charge in [0.2, 0.25) is 0 Å². The Hall–Kier alpha value is -2.51. The summed E-state index contributed by atoms with van der Waals surface area (Å²) in [5.74, 6) is 0.584. The lowest BCUT2D eigenvalue weighted by atomic mass is 9.87. The zero-order chi connectivity index (χ0) is 23.0. The minimum absolute atomic E-state index is 0.0730. The zero-order valence-corrected chi connectivity index (χ0v) is 21.2. The number of methoxy groups -OCH3 is 1. The molecule has 166 valence electrons. The summed E-state index contributed by atoms with van der Waals surface area (Å²) >= 11 is 4.75. The van der Waals surface area contributed by atoms with E-state index in [9.17, 15) is 4.79 Å². The van der Waals surface area contributed by atoms with E-state index in [-0.39, 0.29) is 11.4 Å². The first kappa shape index (κ1) is 22.7. The molecule has 0 spiro atoms. The van der Waals surface area contributed by atoms with Crippen molar-refractivity contribution in [2.75, 3.05) is 18.6 Å². The molecule has 0 atom stereocenters. The summed E-state index contributed by atoms with van der Waals surface area (Å²) in [5.41, 5.74) is 5.11. The highest BCUT2D eigenvalue weighted by molar-refractivity contribution is 9.10. The summed E-state index contributed by atoms with van der Waals surface area (Å²) in [5, 5.41) is 3.42. The molecule has 2 aliphatic rings. The molecule has 1 amide bonds. The SMILES string of the molecule is CCN1c2cc(OC)c(/C=C3/SC(=Nc4ccc(Br)cc4)NC3=O)cc2C(C)=CC1(C)C. The van der Waals surface area contributed by atoms with Crippen LogP contribution in [0.1, 0.15) is 38.8 Å². The Morgan fingerprint density at radius 2 is 1.97 bits per heavy atom. The summed E-state index contributed by atoms with van der Waals surface area (Å²) in [6.45, 7) is 9.63. The van der Waals surface area contributed by atoms with Crippen molar-refractivity contribution in [3.05, 3.63) is 63.0 Å². The fourth-order valence-corrected chi connectivity index (χ4v) is 5.34. The lowest BCUT2D eigenvalue weighted by molar-refractivity contribution is -0.115. The number of nitrogens with zero attached hydrogens (tertiary/aromatic N) is 2. The van der Waals surface area contributed by atoms with Crippen molar-refractivity contribution in [3.8, 4) is 5.75 Å². The Bertz CT molecular complexity index is 1170. The number of likely N-dealkylation sites (N-methyl/N-ethyl adjacent to an activating group) is 1. The number of nitrogens with one attached hydrogen (secondary N) is 1. The quantitative estimate of drug-likeness (QED) is 0.484. The third kappa shape index (κ3) is 4.36. The van der Waals surface area contributed by atoms with Crippen LogP contribution in [0.15, 0.2) is 56.8 Å². The molecule has 1 N–H and O–H groups in total. The van der Waals surface area contributed by atoms with Crippen molar-refractivity contribution in [1.82, 2.24) is 5.32 Å². The highest BCUT2D eigenvalue weighted by atomic mass is 79.9. The molecular formula is C25H26BrN3O2S. The number of fused-ring (bicyclic) bond motifs is 1. The van der Waals surface area contributed by atoms with E-state index in [0.29, 0.717) is 10.1 Å². The van der Waals surface area contributed by atoms with Crippen LogP contribution in [0, 0.1) is 0 Å². The van der Waals surface area contributed by atoms with E-state index in [1.165, 1.54) is 17.3 Å². The van der Waals surface area contributed by atoms with Gasteiger partial charge < -0.3 is 15.0 Å². The van der Waals surface area contributed by atoms with Crippen LogP contribution >= 0.6 is 27.7 Å². The van der Waals surface area contributed by atoms with Crippen molar-refractivity contribution in [2.45, 2.75) is 33.2 Å². The fourth-order valence-electron chi connectivity index (χ4n) is 4.24. The van der Waals surface area contributed by atoms with Crippen molar-refractivity contribution in [2.24, 2.45) is 4.99 Å². The first-order chi connectivity index (χ1) is 15.2. The number of thioether (sulfide) groups is 1. The van der Waals surface area contributed by atoms with Crippen LogP contribution < -0.4 is 15.0 Å². The molecule has 32 heavy (non-hydrogen) atoms. The minimum Gasteiger partial charge on any atom is -0.496 e. The second-order valence-corrected chi connectivity index (χ2v) is 10.2. The lowest BCUT2D eigenvalue weighted by Gasteiger charge is -2.43. The van der Waals surface area contributed by atoms with Crippen LogP contribution in [-0.4, -0.2) is 30.3 Å². The van der Waals surface area contributed by atoms with Crippen LogP contribution in [0.3, 0.4) is 0 Å². The lowest BCUT2D eigenvalue weighted by Crippen LogP contribution is -2.44. The molecule has 1 fully saturated rings. The number of hydrogen-bond donors (Lipinski definition) is 1. The number of rotatable bonds is 4. The summed E-state index contributed by atoms with van der Waals surface area (Å²) < 4.78 is 6.71. The molecule has 2 heterocycles. The molecule has 5 nitrogen and oxygen atoms in total. The van der Waals surface area contributed by atoms with Crippen LogP contribution in [0.4, 0.5) is 11.4 Å². The smallest absolute Gasteiger partial charge is 0.264 e. The third-order valence-electron chi connectivity index (χ3n) is 5.64. The van der Waals surface area contributed by atoms with Gasteiger partial charge in [0.1, 0.15) is 5.75 Å². The van der Waals surface area contributed by atoms with Crippen molar-refractivity contribution in [1.29, 1.82) is 0 Å². The van der Waals surface area contributed by atoms with Crippen LogP contribution in [0.25, 0.3) is 11.6 Å². The topological polar surface area (TPSA) is 53.9 Å². The van der Waals surface area contributed by atoms with E-state index >= 15 is 0 Å². The number of amidine groups is 1. The monoisotopic (exact) mass is 511 g/mol. The van der Waals surface area contributed by atoms with E-state index in [2.05, 4.69) is 77.0 Å². The molecule has 2 aromatic carbocycles. The second-order valence-electron chi connectivity index (χ2n) is 8.29. The number of benzene rings is 2. The Balaban J connectivity index is 1.71. The number of carbonyl (C=O) groups is 1. The Labute approximate surface area is 201 Å². The number of allylic oxidation sites excluding steroid dienone is 1. The van der Waals surface area contributed by atoms with Gasteiger partial charge in [-0.05, 0) is 81.4 Å². The highest BCUT2D eigenvalue weighted by Crippen LogP contribution is 2.43. The average molecular weight is 512 g/mol. The molecule has 0 aliphatic carbocycles. The molecule has 2 aromatic rings. The second kappa shape index (κ2) is 8.79. The number of ether oxygens (including phenoxy) is 1. The van der Waals surface area contributed by atoms with E-state index in [1.54, 1.807) is 7.11 Å². The summed E-state index contributed by atoms with van der Waals surface area (Å²) in [6, 6.07) is 11.8. The maximum absolute atomic E-state index is 12.6. The molecule has 0 unspecified atom stereocenters. The van der Waals surface area contributed by atoms with Gasteiger partial charge in [0.15, 0.2) is 5.17 Å². The van der Waals surface area contributed by atoms with Gasteiger partial charge in [-0.1, -0.05) is 22.0 Å². The largest absolute Gasteiger partial charge is 0.496 e. The number of halogens is 1. The summed E-state index contributed by atoms with van der Waals surface area (Å²) in [7, 11) is 1.67. The van der Waals surface area contributed by atoms with E-state index in [1.807, 2.05) is 30.3 Å². The first-order valence-electron chi connectivity index (χ1n) is 10.5. The Morgan fingerprint density at radius 1 is 1.25 bits per heavy atom. The molecule has 0 bridgehead atoms. The van der Waals surface area contributed by atoms with E-state index < -0.39 is 0 Å². The normalized spacial score (nSPS) is 19.8. The van der Waals surface area contributed by atoms with Crippen LogP contribution in [0.5, 0.6) is 5.75 Å². The zero-order valence-electron chi connectivity index (χ0n) is 18.8. The number of hydrogen-bond acceptors (Lipinski definition) is 5. The van der Waals surface area contributed by atoms with Gasteiger partial charge in [-0.25, -0.2) is 4.99 Å². The maximum atomic E-state index is 12.6. The average Bonchev–Trinajstić information content (AvgIpc) is 3.08. The Kier molecular flexibility index (Phi) is 6.23. The fraction of sp³-hybridized carbons (Fsp3) is 0.280. The molecule has 7 heteroatoms. The molecular weight excluding hydrogens is 486 g/mol. The van der Waals surface area contributed by atoms with Crippen LogP contribution in [-0.2, 0) is 4.79 Å². The first-order valence-corrected chi connectivity index (χ1v) is 12.1. The van der Waals surface area contributed by atoms with Crippen molar-refractivity contribution >= 4 is 61.8 Å². The number of aliphatic imine (C=N–C) groups is 1. The molecule has 4 rings (SSSR count). The summed E-state index contributed by atoms with van der Waals surface area (Å²) in [6.07, 6.45) is 4.18. The van der Waals surface area contributed by atoms with E-state index in [0.717, 1.165) is 39.3 Å². The third-order valence-corrected chi connectivity index (χ3v) is 7.08. The van der Waals surface area contributed by atoms with Crippen LogP contribution in [0.2, 0.25) is 0 Å². The number of carbonyl (C=O) groups excluding carboxylic acids is 1. The number of anilines is 1. The number of amides is 1. The van der Waals surface area contributed by atoms with Crippen molar-refractivity contribution < 1.29 is 9.53 Å². The van der Waals surface area contributed by atoms with Gasteiger partial charge in [0.05, 0.1) is 23.2 Å². The summed E-state index contributed by atoms with van der Waals surface area (Å²) in [4.78, 5) is 20.1. The minimum atomic E-state index is -0.158.